The highest BCUT2D eigenvalue weighted by Gasteiger charge is 2.39. The smallest absolute Gasteiger partial charge is 0.228 e. The number of aromatic hydroxyl groups is 3. The number of phenols is 3. The van der Waals surface area contributed by atoms with Gasteiger partial charge in [-0.25, -0.2) is 0 Å². The molecule has 7 N–H and O–H groups in total. The predicted molar refractivity (Wildman–Crippen MR) is 99.3 cm³/mol. The second-order valence-electron chi connectivity index (χ2n) is 7.35. The number of benzene rings is 2. The fraction of sp³-hybridized carbons (Fsp3) is 0.400. The summed E-state index contributed by atoms with van der Waals surface area (Å²) in [4.78, 5) is 0. The SMILES string of the molecule is Oc1ccc([C@H]2Oc3cc(O[C@@H]4OC[C@H](O)[C@H](O)[C@@H]4O)cc(O)c3C[C@@H]2O)cc1O. The molecule has 1 saturated heterocycles. The molecule has 10 nitrogen and oxygen atoms in total. The van der Waals surface area contributed by atoms with Crippen LogP contribution in [-0.2, 0) is 11.2 Å². The number of rotatable bonds is 3. The fourth-order valence-corrected chi connectivity index (χ4v) is 3.54. The topological polar surface area (TPSA) is 169 Å². The lowest BCUT2D eigenvalue weighted by Crippen LogP contribution is -2.54. The van der Waals surface area contributed by atoms with Gasteiger partial charge in [-0.15, -0.1) is 0 Å². The first-order chi connectivity index (χ1) is 14.2. The van der Waals surface area contributed by atoms with Crippen LogP contribution in [0.2, 0.25) is 0 Å². The van der Waals surface area contributed by atoms with E-state index in [0.717, 1.165) is 0 Å². The van der Waals surface area contributed by atoms with Crippen LogP contribution in [0, 0.1) is 0 Å². The number of aliphatic hydroxyl groups is 4. The Morgan fingerprint density at radius 3 is 2.33 bits per heavy atom. The highest BCUT2D eigenvalue weighted by molar-refractivity contribution is 5.52. The molecule has 0 spiro atoms. The minimum atomic E-state index is -1.51. The van der Waals surface area contributed by atoms with Crippen LogP contribution in [0.25, 0.3) is 0 Å². The third-order valence-corrected chi connectivity index (χ3v) is 5.21. The van der Waals surface area contributed by atoms with Crippen molar-refractivity contribution < 1.29 is 50.0 Å². The zero-order valence-corrected chi connectivity index (χ0v) is 15.6. The molecule has 1 fully saturated rings. The van der Waals surface area contributed by atoms with Crippen molar-refractivity contribution in [2.45, 2.75) is 43.2 Å². The molecular formula is C20H22O10. The maximum absolute atomic E-state index is 10.5. The molecule has 10 heteroatoms. The first-order valence-corrected chi connectivity index (χ1v) is 9.29. The van der Waals surface area contributed by atoms with Gasteiger partial charge in [0.1, 0.15) is 41.7 Å². The second kappa shape index (κ2) is 7.82. The standard InChI is InChI=1S/C20H22O10/c21-11-2-1-8(3-13(11)23)19-14(24)6-10-12(22)4-9(5-16(10)30-19)29-20-18(27)17(26)15(25)7-28-20/h1-5,14-15,17-27H,6-7H2/t14-,15-,17-,18-,19+,20-/m0/s1. The van der Waals surface area contributed by atoms with E-state index >= 15 is 0 Å². The van der Waals surface area contributed by atoms with Crippen molar-refractivity contribution in [1.29, 1.82) is 0 Å². The van der Waals surface area contributed by atoms with Crippen LogP contribution >= 0.6 is 0 Å². The van der Waals surface area contributed by atoms with E-state index in [4.69, 9.17) is 14.2 Å². The van der Waals surface area contributed by atoms with Crippen molar-refractivity contribution in [2.24, 2.45) is 0 Å². The first-order valence-electron chi connectivity index (χ1n) is 9.29. The van der Waals surface area contributed by atoms with Crippen molar-refractivity contribution in [3.05, 3.63) is 41.5 Å². The molecule has 6 atom stereocenters. The lowest BCUT2D eigenvalue weighted by atomic mass is 9.94. The summed E-state index contributed by atoms with van der Waals surface area (Å²) in [6.45, 7) is -0.241. The van der Waals surface area contributed by atoms with E-state index in [9.17, 15) is 35.7 Å². The van der Waals surface area contributed by atoms with E-state index in [-0.39, 0.29) is 41.8 Å². The molecule has 0 aromatic heterocycles. The maximum Gasteiger partial charge on any atom is 0.228 e. The van der Waals surface area contributed by atoms with Gasteiger partial charge < -0.3 is 50.0 Å². The molecule has 30 heavy (non-hydrogen) atoms. The molecule has 0 saturated carbocycles. The van der Waals surface area contributed by atoms with Gasteiger partial charge in [0.2, 0.25) is 6.29 Å². The summed E-state index contributed by atoms with van der Waals surface area (Å²) in [6, 6.07) is 6.73. The van der Waals surface area contributed by atoms with E-state index in [1.807, 2.05) is 0 Å². The van der Waals surface area contributed by atoms with Crippen LogP contribution < -0.4 is 9.47 Å². The number of aliphatic hydroxyl groups excluding tert-OH is 4. The Morgan fingerprint density at radius 1 is 0.833 bits per heavy atom. The third-order valence-electron chi connectivity index (χ3n) is 5.21. The molecule has 2 heterocycles. The number of hydrogen-bond acceptors (Lipinski definition) is 10. The van der Waals surface area contributed by atoms with E-state index < -0.39 is 36.8 Å². The minimum absolute atomic E-state index is 0.0568. The van der Waals surface area contributed by atoms with Gasteiger partial charge in [-0.3, -0.25) is 0 Å². The van der Waals surface area contributed by atoms with Crippen molar-refractivity contribution in [3.8, 4) is 28.7 Å². The molecule has 0 aliphatic carbocycles. The van der Waals surface area contributed by atoms with Gasteiger partial charge in [0, 0.05) is 24.1 Å². The Hall–Kier alpha value is -2.76. The Morgan fingerprint density at radius 2 is 1.60 bits per heavy atom. The van der Waals surface area contributed by atoms with Crippen molar-refractivity contribution in [3.63, 3.8) is 0 Å². The van der Waals surface area contributed by atoms with Crippen LogP contribution in [0.1, 0.15) is 17.2 Å². The minimum Gasteiger partial charge on any atom is -0.507 e. The lowest BCUT2D eigenvalue weighted by Gasteiger charge is -2.35. The first kappa shape index (κ1) is 20.5. The van der Waals surface area contributed by atoms with Gasteiger partial charge in [-0.05, 0) is 17.7 Å². The average Bonchev–Trinajstić information content (AvgIpc) is 2.71. The Bertz CT molecular complexity index is 932. The zero-order valence-electron chi connectivity index (χ0n) is 15.6. The van der Waals surface area contributed by atoms with Gasteiger partial charge in [-0.1, -0.05) is 6.07 Å². The molecule has 0 amide bonds. The summed E-state index contributed by atoms with van der Waals surface area (Å²) >= 11 is 0. The normalized spacial score (nSPS) is 30.9. The van der Waals surface area contributed by atoms with Crippen molar-refractivity contribution >= 4 is 0 Å². The van der Waals surface area contributed by atoms with E-state index in [2.05, 4.69) is 0 Å². The number of hydrogen-bond donors (Lipinski definition) is 7. The van der Waals surface area contributed by atoms with E-state index in [1.165, 1.54) is 30.3 Å². The van der Waals surface area contributed by atoms with Gasteiger partial charge in [-0.2, -0.15) is 0 Å². The maximum atomic E-state index is 10.5. The summed E-state index contributed by atoms with van der Waals surface area (Å²) in [7, 11) is 0. The van der Waals surface area contributed by atoms with Crippen LogP contribution in [0.15, 0.2) is 30.3 Å². The fourth-order valence-electron chi connectivity index (χ4n) is 3.54. The van der Waals surface area contributed by atoms with Crippen molar-refractivity contribution in [2.75, 3.05) is 6.61 Å². The summed E-state index contributed by atoms with van der Waals surface area (Å²) in [5.41, 5.74) is 0.757. The van der Waals surface area contributed by atoms with Crippen LogP contribution in [0.3, 0.4) is 0 Å². The molecule has 2 aliphatic heterocycles. The van der Waals surface area contributed by atoms with Gasteiger partial charge in [0.25, 0.3) is 0 Å². The average molecular weight is 422 g/mol. The third kappa shape index (κ3) is 3.71. The monoisotopic (exact) mass is 422 g/mol. The summed E-state index contributed by atoms with van der Waals surface area (Å²) in [5.74, 6) is -0.602. The van der Waals surface area contributed by atoms with Crippen molar-refractivity contribution in [1.82, 2.24) is 0 Å². The number of fused-ring (bicyclic) bond motifs is 1. The summed E-state index contributed by atoms with van der Waals surface area (Å²) in [5, 5.41) is 69.3. The number of phenolic OH excluding ortho intramolecular Hbond substituents is 3. The number of ether oxygens (including phenoxy) is 3. The van der Waals surface area contributed by atoms with Gasteiger partial charge >= 0.3 is 0 Å². The van der Waals surface area contributed by atoms with Gasteiger partial charge in [0.15, 0.2) is 11.5 Å². The highest BCUT2D eigenvalue weighted by atomic mass is 16.7. The van der Waals surface area contributed by atoms with E-state index in [0.29, 0.717) is 11.1 Å². The predicted octanol–water partition coefficient (Wildman–Crippen LogP) is -0.342. The highest BCUT2D eigenvalue weighted by Crippen LogP contribution is 2.43. The van der Waals surface area contributed by atoms with E-state index in [1.54, 1.807) is 0 Å². The van der Waals surface area contributed by atoms with Crippen LogP contribution in [-0.4, -0.2) is 73.1 Å². The Labute approximate surface area is 170 Å². The van der Waals surface area contributed by atoms with Crippen LogP contribution in [0.5, 0.6) is 28.7 Å². The molecule has 2 aromatic carbocycles. The molecule has 0 radical (unpaired) electrons. The Balaban J connectivity index is 1.58. The molecular weight excluding hydrogens is 400 g/mol. The second-order valence-corrected chi connectivity index (χ2v) is 7.35. The Kier molecular flexibility index (Phi) is 5.35. The molecule has 0 bridgehead atoms. The zero-order chi connectivity index (χ0) is 21.6. The molecule has 162 valence electrons. The molecule has 0 unspecified atom stereocenters. The molecule has 2 aliphatic rings. The molecule has 4 rings (SSSR count). The van der Waals surface area contributed by atoms with Gasteiger partial charge in [0.05, 0.1) is 12.7 Å². The van der Waals surface area contributed by atoms with Crippen LogP contribution in [0.4, 0.5) is 0 Å². The lowest BCUT2D eigenvalue weighted by molar-refractivity contribution is -0.242. The quantitative estimate of drug-likeness (QED) is 0.325. The summed E-state index contributed by atoms with van der Waals surface area (Å²) in [6.07, 6.45) is -7.34. The molecule has 2 aromatic rings. The largest absolute Gasteiger partial charge is 0.507 e. The summed E-state index contributed by atoms with van der Waals surface area (Å²) < 4.78 is 16.5.